The number of thioether (sulfide) groups is 1. The zero-order valence-electron chi connectivity index (χ0n) is 25.3. The number of para-hydroxylation sites is 1. The first-order valence-electron chi connectivity index (χ1n) is 14.4. The van der Waals surface area contributed by atoms with Crippen molar-refractivity contribution in [1.29, 1.82) is 0 Å². The number of carboxylic acids is 3. The number of carbonyl (C=O) groups excluding carboxylic acids is 3. The van der Waals surface area contributed by atoms with E-state index in [1.165, 1.54) is 11.8 Å². The van der Waals surface area contributed by atoms with Gasteiger partial charge in [-0.25, -0.2) is 4.79 Å². The molecule has 0 aliphatic rings. The molecule has 2 aromatic carbocycles. The number of nitrogens with one attached hydrogen (secondary N) is 4. The fourth-order valence-electron chi connectivity index (χ4n) is 4.79. The third kappa shape index (κ3) is 10.7. The summed E-state index contributed by atoms with van der Waals surface area (Å²) in [6, 6.07) is 8.34. The Kier molecular flexibility index (Phi) is 13.6. The number of amides is 3. The molecule has 14 nitrogen and oxygen atoms in total. The van der Waals surface area contributed by atoms with Crippen molar-refractivity contribution in [3.05, 3.63) is 70.9 Å². The lowest BCUT2D eigenvalue weighted by atomic mass is 9.99. The predicted octanol–water partition coefficient (Wildman–Crippen LogP) is 1.40. The fraction of sp³-hybridized carbons (Fsp3) is 0.355. The zero-order valence-corrected chi connectivity index (χ0v) is 26.8. The molecule has 4 atom stereocenters. The number of nitrogens with two attached hydrogens (primary N) is 1. The second-order valence-electron chi connectivity index (χ2n) is 10.8. The number of aliphatic carboxylic acids is 3. The maximum atomic E-state index is 13.6. The lowest BCUT2D eigenvalue weighted by molar-refractivity contribution is -0.156. The number of fused-ring (bicyclic) bond motifs is 1. The van der Waals surface area contributed by atoms with Crippen LogP contribution in [0.4, 0.5) is 0 Å². The molecule has 3 amide bonds. The SMILES string of the molecule is CSCC[C@@H](NC(=O)[C@H](N)Cc1c[nH]c2ccccc12)C(=O)N[C@H](Cc1ccc(Cl)cc1)C(=O)N[C@@H](CC(C(=O)O)C(=O)O)C(=O)O. The Balaban J connectivity index is 1.80. The molecule has 0 unspecified atom stereocenters. The molecule has 3 rings (SSSR count). The van der Waals surface area contributed by atoms with Crippen molar-refractivity contribution >= 4 is 69.9 Å². The van der Waals surface area contributed by atoms with Gasteiger partial charge >= 0.3 is 17.9 Å². The Morgan fingerprint density at radius 1 is 0.809 bits per heavy atom. The van der Waals surface area contributed by atoms with E-state index in [-0.39, 0.29) is 19.3 Å². The van der Waals surface area contributed by atoms with Crippen LogP contribution in [0.1, 0.15) is 24.0 Å². The number of aromatic amines is 1. The van der Waals surface area contributed by atoms with Gasteiger partial charge in [0, 0.05) is 35.0 Å². The summed E-state index contributed by atoms with van der Waals surface area (Å²) < 4.78 is 0. The highest BCUT2D eigenvalue weighted by Crippen LogP contribution is 2.19. The quantitative estimate of drug-likeness (QED) is 0.0888. The van der Waals surface area contributed by atoms with Crippen molar-refractivity contribution in [2.24, 2.45) is 11.7 Å². The summed E-state index contributed by atoms with van der Waals surface area (Å²) in [5.74, 6) is -9.25. The topological polar surface area (TPSA) is 241 Å². The van der Waals surface area contributed by atoms with Gasteiger partial charge in [0.05, 0.1) is 6.04 Å². The molecule has 0 aliphatic heterocycles. The largest absolute Gasteiger partial charge is 0.481 e. The number of carbonyl (C=O) groups is 6. The van der Waals surface area contributed by atoms with E-state index in [0.29, 0.717) is 16.3 Å². The molecular weight excluding hydrogens is 654 g/mol. The maximum Gasteiger partial charge on any atom is 0.326 e. The minimum Gasteiger partial charge on any atom is -0.481 e. The molecule has 1 aromatic heterocycles. The fourth-order valence-corrected chi connectivity index (χ4v) is 5.39. The molecule has 47 heavy (non-hydrogen) atoms. The van der Waals surface area contributed by atoms with E-state index in [9.17, 15) is 44.1 Å². The molecule has 1 heterocycles. The summed E-state index contributed by atoms with van der Waals surface area (Å²) in [4.78, 5) is 77.9. The highest BCUT2D eigenvalue weighted by Gasteiger charge is 2.35. The molecule has 9 N–H and O–H groups in total. The van der Waals surface area contributed by atoms with Crippen LogP contribution in [-0.4, -0.2) is 92.1 Å². The van der Waals surface area contributed by atoms with E-state index in [4.69, 9.17) is 17.3 Å². The second-order valence-corrected chi connectivity index (χ2v) is 12.2. The van der Waals surface area contributed by atoms with Gasteiger partial charge in [0.25, 0.3) is 0 Å². The van der Waals surface area contributed by atoms with Crippen molar-refractivity contribution in [2.75, 3.05) is 12.0 Å². The minimum absolute atomic E-state index is 0.147. The lowest BCUT2D eigenvalue weighted by Gasteiger charge is -2.25. The van der Waals surface area contributed by atoms with Gasteiger partial charge in [0.2, 0.25) is 17.7 Å². The number of benzene rings is 2. The molecule has 0 bridgehead atoms. The van der Waals surface area contributed by atoms with E-state index < -0.39 is 72.1 Å². The minimum atomic E-state index is -2.11. The van der Waals surface area contributed by atoms with Crippen LogP contribution in [0.5, 0.6) is 0 Å². The third-order valence-corrected chi connectivity index (χ3v) is 8.26. The first kappa shape index (κ1) is 36.9. The molecule has 0 saturated carbocycles. The van der Waals surface area contributed by atoms with Crippen molar-refractivity contribution < 1.29 is 44.1 Å². The molecule has 0 spiro atoms. The highest BCUT2D eigenvalue weighted by molar-refractivity contribution is 7.98. The average Bonchev–Trinajstić information content (AvgIpc) is 3.43. The van der Waals surface area contributed by atoms with Gasteiger partial charge in [-0.2, -0.15) is 11.8 Å². The summed E-state index contributed by atoms with van der Waals surface area (Å²) in [5.41, 5.74) is 8.45. The van der Waals surface area contributed by atoms with E-state index in [2.05, 4.69) is 20.9 Å². The second kappa shape index (κ2) is 17.4. The van der Waals surface area contributed by atoms with Crippen LogP contribution >= 0.6 is 23.4 Å². The molecule has 16 heteroatoms. The summed E-state index contributed by atoms with van der Waals surface area (Å²) >= 11 is 7.39. The third-order valence-electron chi connectivity index (χ3n) is 7.36. The van der Waals surface area contributed by atoms with E-state index in [0.717, 1.165) is 16.5 Å². The summed E-state index contributed by atoms with van der Waals surface area (Å²) in [6.45, 7) is 0. The van der Waals surface area contributed by atoms with Crippen LogP contribution in [0.2, 0.25) is 5.02 Å². The average molecular weight is 690 g/mol. The Morgan fingerprint density at radius 3 is 2.02 bits per heavy atom. The molecule has 0 aliphatic carbocycles. The zero-order chi connectivity index (χ0) is 34.7. The first-order valence-corrected chi connectivity index (χ1v) is 16.2. The molecule has 3 aromatic rings. The number of hydrogen-bond acceptors (Lipinski definition) is 8. The lowest BCUT2D eigenvalue weighted by Crippen LogP contribution is -2.58. The summed E-state index contributed by atoms with van der Waals surface area (Å²) in [6.07, 6.45) is 2.82. The Morgan fingerprint density at radius 2 is 1.40 bits per heavy atom. The molecule has 0 radical (unpaired) electrons. The number of rotatable bonds is 18. The first-order chi connectivity index (χ1) is 22.3. The Bertz CT molecular complexity index is 1590. The van der Waals surface area contributed by atoms with Gasteiger partial charge in [-0.1, -0.05) is 41.9 Å². The highest BCUT2D eigenvalue weighted by atomic mass is 35.5. The van der Waals surface area contributed by atoms with Gasteiger partial charge in [-0.05, 0) is 54.2 Å². The van der Waals surface area contributed by atoms with Gasteiger partial charge in [0.15, 0.2) is 5.92 Å². The number of hydrogen-bond donors (Lipinski definition) is 8. The number of carboxylic acid groups (broad SMARTS) is 3. The van der Waals surface area contributed by atoms with Crippen LogP contribution < -0.4 is 21.7 Å². The smallest absolute Gasteiger partial charge is 0.326 e. The predicted molar refractivity (Wildman–Crippen MR) is 175 cm³/mol. The van der Waals surface area contributed by atoms with Crippen molar-refractivity contribution in [3.63, 3.8) is 0 Å². The van der Waals surface area contributed by atoms with Gasteiger partial charge in [-0.15, -0.1) is 0 Å². The molecular formula is C31H36ClN5O9S. The van der Waals surface area contributed by atoms with E-state index >= 15 is 0 Å². The van der Waals surface area contributed by atoms with Crippen molar-refractivity contribution in [1.82, 2.24) is 20.9 Å². The number of aromatic nitrogens is 1. The van der Waals surface area contributed by atoms with Crippen LogP contribution in [0.15, 0.2) is 54.7 Å². The standard InChI is InChI=1S/C31H36ClN5O9S/c1-47-11-10-23(35-26(38)21(33)13-17-15-34-22-5-3-2-4-19(17)22)27(39)36-24(12-16-6-8-18(32)9-7-16)28(40)37-25(31(45)46)14-20(29(41)42)30(43)44/h2-9,15,20-21,23-25,34H,10-14,33H2,1H3,(H,35,38)(H,36,39)(H,37,40)(H,41,42)(H,43,44)(H,45,46)/t21-,23-,24-,25+/m1/s1. The van der Waals surface area contributed by atoms with Gasteiger partial charge < -0.3 is 42.0 Å². The van der Waals surface area contributed by atoms with Crippen LogP contribution in [0.3, 0.4) is 0 Å². The normalized spacial score (nSPS) is 13.7. The molecule has 0 saturated heterocycles. The monoisotopic (exact) mass is 689 g/mol. The van der Waals surface area contributed by atoms with E-state index in [1.807, 2.05) is 30.5 Å². The molecule has 252 valence electrons. The van der Waals surface area contributed by atoms with Gasteiger partial charge in [0.1, 0.15) is 18.1 Å². The Hall–Kier alpha value is -4.60. The van der Waals surface area contributed by atoms with Crippen LogP contribution in [-0.2, 0) is 41.6 Å². The number of H-pyrrole nitrogens is 1. The van der Waals surface area contributed by atoms with Crippen LogP contribution in [0.25, 0.3) is 10.9 Å². The maximum absolute atomic E-state index is 13.6. The van der Waals surface area contributed by atoms with E-state index in [1.54, 1.807) is 30.5 Å². The number of halogens is 1. The summed E-state index contributed by atoms with van der Waals surface area (Å²) in [7, 11) is 0. The van der Waals surface area contributed by atoms with Crippen LogP contribution in [0, 0.1) is 5.92 Å². The van der Waals surface area contributed by atoms with Crippen molar-refractivity contribution in [3.8, 4) is 0 Å². The Labute approximate surface area is 278 Å². The molecule has 0 fully saturated rings. The van der Waals surface area contributed by atoms with Gasteiger partial charge in [-0.3, -0.25) is 24.0 Å². The van der Waals surface area contributed by atoms with Crippen molar-refractivity contribution in [2.45, 2.75) is 49.9 Å². The summed E-state index contributed by atoms with van der Waals surface area (Å²) in [5, 5.41) is 36.8.